The van der Waals surface area contributed by atoms with Crippen LogP contribution in [0.4, 0.5) is 0 Å². The number of hydrogen-bond donors (Lipinski definition) is 0. The van der Waals surface area contributed by atoms with Crippen LogP contribution in [0.1, 0.15) is 178 Å². The van der Waals surface area contributed by atoms with Crippen LogP contribution in [0.15, 0.2) is 167 Å². The van der Waals surface area contributed by atoms with E-state index in [4.69, 9.17) is 0 Å². The smallest absolute Gasteiger partial charge is 0.271 e. The van der Waals surface area contributed by atoms with E-state index in [2.05, 4.69) is 48.4 Å². The normalized spacial score (nSPS) is 16.8. The Labute approximate surface area is 460 Å². The van der Waals surface area contributed by atoms with Crippen molar-refractivity contribution in [3.63, 3.8) is 0 Å². The van der Waals surface area contributed by atoms with Crippen molar-refractivity contribution in [1.82, 2.24) is 19.6 Å². The van der Waals surface area contributed by atoms with Crippen molar-refractivity contribution in [3.05, 3.63) is 189 Å². The Balaban J connectivity index is 0.981. The summed E-state index contributed by atoms with van der Waals surface area (Å²) in [6.07, 6.45) is 50.0. The minimum atomic E-state index is -0.605. The first kappa shape index (κ1) is 59.0. The number of nitrogens with zero attached hydrogens (tertiary/aromatic N) is 6. The molecular formula is C67H82N6O4. The van der Waals surface area contributed by atoms with Gasteiger partial charge >= 0.3 is 0 Å². The number of nitriles is 2. The molecule has 77 heavy (non-hydrogen) atoms. The molecule has 0 aromatic heterocycles. The van der Waals surface area contributed by atoms with Crippen molar-refractivity contribution in [2.24, 2.45) is 0 Å². The Morgan fingerprint density at radius 1 is 0.403 bits per heavy atom. The van der Waals surface area contributed by atoms with Gasteiger partial charge in [-0.2, -0.15) is 10.5 Å². The summed E-state index contributed by atoms with van der Waals surface area (Å²) in [5.74, 6) is -2.09. The zero-order valence-electron chi connectivity index (χ0n) is 46.5. The van der Waals surface area contributed by atoms with Crippen molar-refractivity contribution < 1.29 is 19.2 Å². The lowest BCUT2D eigenvalue weighted by Crippen LogP contribution is -2.42. The molecule has 10 heteroatoms. The fourth-order valence-corrected chi connectivity index (χ4v) is 10.1. The highest BCUT2D eigenvalue weighted by molar-refractivity contribution is 6.19. The van der Waals surface area contributed by atoms with Crippen LogP contribution in [0, 0.1) is 22.7 Å². The molecule has 2 aromatic rings. The van der Waals surface area contributed by atoms with Gasteiger partial charge in [0.15, 0.2) is 0 Å². The molecule has 0 unspecified atom stereocenters. The number of imide groups is 2. The molecular weight excluding hydrogens is 953 g/mol. The van der Waals surface area contributed by atoms with E-state index in [1.807, 2.05) is 97.1 Å². The van der Waals surface area contributed by atoms with Crippen LogP contribution in [0.5, 0.6) is 0 Å². The van der Waals surface area contributed by atoms with Gasteiger partial charge in [-0.25, -0.2) is 0 Å². The molecule has 0 N–H and O–H groups in total. The second-order valence-electron chi connectivity index (χ2n) is 21.0. The van der Waals surface area contributed by atoms with E-state index >= 15 is 0 Å². The standard InChI is InChI=1S/C67H82N6O4/c1-5-7-9-11-13-15-17-19-21-23-41-70-43-37-54(38-44-70)33-35-60-52(3)62(48-68)66(76)72(64(60)74)50-58-29-25-56(26-30-58)47-57-27-31-59(32-28-57)51-73-65(75)61(53(4)63(49-69)67(73)77)36-34-55-39-45-71(46-40-55)42-24-22-20-18-16-14-12-10-8-6-2/h25-40,43-46H,5-24,41-42,47,50-51H2,1-4H3/b60-35-,61-36-. The average molecular weight is 1040 g/mol. The highest BCUT2D eigenvalue weighted by Crippen LogP contribution is 2.30. The van der Waals surface area contributed by atoms with E-state index < -0.39 is 23.6 Å². The lowest BCUT2D eigenvalue weighted by atomic mass is 9.94. The summed E-state index contributed by atoms with van der Waals surface area (Å²) < 4.78 is 0. The minimum absolute atomic E-state index is 0.0175. The van der Waals surface area contributed by atoms with E-state index in [1.54, 1.807) is 26.0 Å². The average Bonchev–Trinajstić information content (AvgIpc) is 3.44. The molecule has 0 saturated carbocycles. The fraction of sp³-hybridized carbons (Fsp3) is 0.433. The van der Waals surface area contributed by atoms with Crippen molar-refractivity contribution in [2.45, 2.75) is 176 Å². The van der Waals surface area contributed by atoms with E-state index in [0.29, 0.717) is 28.7 Å². The van der Waals surface area contributed by atoms with Crippen molar-refractivity contribution in [1.29, 1.82) is 10.5 Å². The molecule has 0 atom stereocenters. The first-order valence-electron chi connectivity index (χ1n) is 28.7. The van der Waals surface area contributed by atoms with E-state index in [9.17, 15) is 29.7 Å². The molecule has 2 aromatic carbocycles. The summed E-state index contributed by atoms with van der Waals surface area (Å²) in [5, 5.41) is 20.0. The molecule has 0 saturated heterocycles. The van der Waals surface area contributed by atoms with Crippen LogP contribution in [0.3, 0.4) is 0 Å². The third kappa shape index (κ3) is 17.9. The fourth-order valence-electron chi connectivity index (χ4n) is 10.1. The Hall–Kier alpha value is -7.30. The number of carbonyl (C=O) groups is 4. The van der Waals surface area contributed by atoms with Gasteiger partial charge < -0.3 is 9.80 Å². The van der Waals surface area contributed by atoms with Crippen LogP contribution < -0.4 is 0 Å². The molecule has 4 amide bonds. The minimum Gasteiger partial charge on any atom is -0.354 e. The van der Waals surface area contributed by atoms with Crippen molar-refractivity contribution in [2.75, 3.05) is 13.1 Å². The first-order valence-corrected chi connectivity index (χ1v) is 28.7. The van der Waals surface area contributed by atoms with Gasteiger partial charge in [-0.3, -0.25) is 29.0 Å². The van der Waals surface area contributed by atoms with Crippen LogP contribution in [-0.4, -0.2) is 56.3 Å². The first-order chi connectivity index (χ1) is 37.5. The second kappa shape index (κ2) is 31.7. The van der Waals surface area contributed by atoms with Crippen LogP contribution in [0.25, 0.3) is 0 Å². The summed E-state index contributed by atoms with van der Waals surface area (Å²) >= 11 is 0. The zero-order chi connectivity index (χ0) is 54.8. The quantitative estimate of drug-likeness (QED) is 0.0430. The second-order valence-corrected chi connectivity index (χ2v) is 21.0. The van der Waals surface area contributed by atoms with Crippen molar-refractivity contribution in [3.8, 4) is 12.1 Å². The Morgan fingerprint density at radius 3 is 1.01 bits per heavy atom. The largest absolute Gasteiger partial charge is 0.354 e. The van der Waals surface area contributed by atoms with Crippen LogP contribution in [-0.2, 0) is 38.7 Å². The zero-order valence-corrected chi connectivity index (χ0v) is 46.5. The number of benzene rings is 2. The number of amides is 4. The molecule has 10 nitrogen and oxygen atoms in total. The van der Waals surface area contributed by atoms with E-state index in [0.717, 1.165) is 69.1 Å². The topological polar surface area (TPSA) is 129 Å². The molecule has 0 radical (unpaired) electrons. The van der Waals surface area contributed by atoms with Gasteiger partial charge in [0.05, 0.1) is 13.1 Å². The van der Waals surface area contributed by atoms with Gasteiger partial charge in [-0.05, 0) is 114 Å². The molecule has 0 aliphatic carbocycles. The molecule has 0 bridgehead atoms. The number of carbonyl (C=O) groups excluding carboxylic acids is 4. The maximum absolute atomic E-state index is 13.9. The lowest BCUT2D eigenvalue weighted by Gasteiger charge is -2.27. The van der Waals surface area contributed by atoms with Gasteiger partial charge in [-0.15, -0.1) is 0 Å². The maximum atomic E-state index is 13.9. The number of hydrogen-bond acceptors (Lipinski definition) is 8. The van der Waals surface area contributed by atoms with Gasteiger partial charge in [0.2, 0.25) is 0 Å². The maximum Gasteiger partial charge on any atom is 0.271 e. The van der Waals surface area contributed by atoms with Crippen LogP contribution in [0.2, 0.25) is 0 Å². The Kier molecular flexibility index (Phi) is 24.3. The van der Waals surface area contributed by atoms with Gasteiger partial charge in [0, 0.05) is 49.0 Å². The summed E-state index contributed by atoms with van der Waals surface area (Å²) in [4.78, 5) is 61.4. The molecule has 404 valence electrons. The Morgan fingerprint density at radius 2 is 0.701 bits per heavy atom. The number of rotatable bonds is 30. The predicted molar refractivity (Wildman–Crippen MR) is 309 cm³/mol. The van der Waals surface area contributed by atoms with E-state index in [1.165, 1.54) is 116 Å². The molecule has 4 heterocycles. The highest BCUT2D eigenvalue weighted by atomic mass is 16.2. The van der Waals surface area contributed by atoms with Gasteiger partial charge in [0.1, 0.15) is 23.3 Å². The van der Waals surface area contributed by atoms with Crippen molar-refractivity contribution >= 4 is 23.6 Å². The van der Waals surface area contributed by atoms with Crippen LogP contribution >= 0.6 is 0 Å². The third-order valence-corrected chi connectivity index (χ3v) is 15.0. The summed E-state index contributed by atoms with van der Waals surface area (Å²) in [7, 11) is 0. The Bertz CT molecular complexity index is 2560. The molecule has 4 aliphatic rings. The monoisotopic (exact) mass is 1030 g/mol. The van der Waals surface area contributed by atoms with Gasteiger partial charge in [-0.1, -0.05) is 190 Å². The molecule has 4 aliphatic heterocycles. The third-order valence-electron chi connectivity index (χ3n) is 15.0. The highest BCUT2D eigenvalue weighted by Gasteiger charge is 2.36. The summed E-state index contributed by atoms with van der Waals surface area (Å²) in [6.45, 7) is 9.77. The SMILES string of the molecule is CCCCCCCCCCCCN1C=CC(=C/C=C2\C(=O)N(Cc3ccc(Cc4ccc(CN5C(=O)C(C#N)=C(C)/C(=C/C=C6C=CN(CCCCCCCCCCCC)C=C6)C5=O)cc4)cc3)C(=O)C(C#N)=C2C)C=C1. The lowest BCUT2D eigenvalue weighted by molar-refractivity contribution is -0.142. The summed E-state index contributed by atoms with van der Waals surface area (Å²) in [6, 6.07) is 19.5. The molecule has 0 spiro atoms. The predicted octanol–water partition coefficient (Wildman–Crippen LogP) is 14.9. The molecule has 0 fully saturated rings. The number of allylic oxidation sites excluding steroid dienone is 10. The number of unbranched alkanes of at least 4 members (excludes halogenated alkanes) is 18. The van der Waals surface area contributed by atoms with Gasteiger partial charge in [0.25, 0.3) is 23.6 Å². The molecule has 6 rings (SSSR count). The summed E-state index contributed by atoms with van der Waals surface area (Å²) in [5.41, 5.74) is 6.62. The van der Waals surface area contributed by atoms with E-state index in [-0.39, 0.29) is 24.2 Å².